The number of nitrogens with two attached hydrogens (primary N) is 3. The van der Waals surface area contributed by atoms with Gasteiger partial charge in [-0.3, -0.25) is 4.79 Å². The molecular weight excluding hydrogens is 241 g/mol. The van der Waals surface area contributed by atoms with Gasteiger partial charge < -0.3 is 27.8 Å². The van der Waals surface area contributed by atoms with Gasteiger partial charge in [0.05, 0.1) is 11.3 Å². The van der Waals surface area contributed by atoms with Crippen LogP contribution in [0.4, 0.5) is 20.6 Å². The predicted molar refractivity (Wildman–Crippen MR) is 65.4 cm³/mol. The fourth-order valence-corrected chi connectivity index (χ4v) is 1.32. The molecule has 1 aromatic carbocycles. The fourth-order valence-electron chi connectivity index (χ4n) is 1.32. The lowest BCUT2D eigenvalue weighted by Gasteiger charge is -2.10. The van der Waals surface area contributed by atoms with Crippen LogP contribution in [0.3, 0.4) is 0 Å². The van der Waals surface area contributed by atoms with E-state index in [2.05, 4.69) is 10.6 Å². The van der Waals surface area contributed by atoms with Gasteiger partial charge in [-0.2, -0.15) is 0 Å². The highest BCUT2D eigenvalue weighted by atomic mass is 19.1. The number of amides is 3. The van der Waals surface area contributed by atoms with Gasteiger partial charge in [-0.15, -0.1) is 0 Å². The normalized spacial score (nSPS) is 9.83. The van der Waals surface area contributed by atoms with Crippen molar-refractivity contribution >= 4 is 23.3 Å². The summed E-state index contributed by atoms with van der Waals surface area (Å²) in [5, 5.41) is 5.00. The Morgan fingerprint density at radius 2 is 1.89 bits per heavy atom. The van der Waals surface area contributed by atoms with Crippen molar-refractivity contribution in [1.29, 1.82) is 0 Å². The second-order valence-corrected chi connectivity index (χ2v) is 3.50. The number of halogens is 1. The first-order chi connectivity index (χ1) is 8.41. The molecule has 0 heterocycles. The molecule has 0 fully saturated rings. The molecule has 3 amide bonds. The van der Waals surface area contributed by atoms with E-state index in [-0.39, 0.29) is 30.0 Å². The molecule has 8 N–H and O–H groups in total. The lowest BCUT2D eigenvalue weighted by atomic mass is 10.1. The van der Waals surface area contributed by atoms with E-state index in [0.29, 0.717) is 0 Å². The summed E-state index contributed by atoms with van der Waals surface area (Å²) in [5.74, 6) is -1.36. The van der Waals surface area contributed by atoms with Crippen LogP contribution in [0.1, 0.15) is 10.4 Å². The Kier molecular flexibility index (Phi) is 4.30. The van der Waals surface area contributed by atoms with Crippen molar-refractivity contribution in [3.8, 4) is 0 Å². The minimum absolute atomic E-state index is 0.0270. The smallest absolute Gasteiger partial charge is 0.312 e. The minimum Gasteiger partial charge on any atom is -0.398 e. The number of nitrogens with one attached hydrogen (secondary N) is 2. The molecule has 0 aromatic heterocycles. The minimum atomic E-state index is -0.745. The topological polar surface area (TPSA) is 136 Å². The summed E-state index contributed by atoms with van der Waals surface area (Å²) in [7, 11) is 0. The Morgan fingerprint density at radius 3 is 2.44 bits per heavy atom. The SMILES string of the molecule is NC(=O)NCCNc1cc(C(N)=O)c(N)cc1F. The largest absolute Gasteiger partial charge is 0.398 e. The second kappa shape index (κ2) is 5.71. The number of benzene rings is 1. The molecule has 0 aliphatic rings. The number of rotatable bonds is 5. The van der Waals surface area contributed by atoms with Gasteiger partial charge in [-0.25, -0.2) is 9.18 Å². The molecule has 0 unspecified atom stereocenters. The van der Waals surface area contributed by atoms with Gasteiger partial charge in [0.2, 0.25) is 0 Å². The van der Waals surface area contributed by atoms with Gasteiger partial charge >= 0.3 is 6.03 Å². The maximum absolute atomic E-state index is 13.5. The van der Waals surface area contributed by atoms with E-state index < -0.39 is 17.8 Å². The number of urea groups is 1. The summed E-state index contributed by atoms with van der Waals surface area (Å²) in [6.07, 6.45) is 0. The maximum atomic E-state index is 13.5. The van der Waals surface area contributed by atoms with Gasteiger partial charge in [0.1, 0.15) is 5.82 Å². The van der Waals surface area contributed by atoms with Crippen LogP contribution in [0.25, 0.3) is 0 Å². The van der Waals surface area contributed by atoms with Crippen molar-refractivity contribution in [2.24, 2.45) is 11.5 Å². The Hall–Kier alpha value is -2.51. The molecule has 1 rings (SSSR count). The van der Waals surface area contributed by atoms with Gasteiger partial charge in [0.15, 0.2) is 0 Å². The van der Waals surface area contributed by atoms with Crippen LogP contribution in [-0.2, 0) is 0 Å². The zero-order valence-corrected chi connectivity index (χ0v) is 9.50. The highest BCUT2D eigenvalue weighted by Gasteiger charge is 2.11. The van der Waals surface area contributed by atoms with E-state index in [1.165, 1.54) is 6.07 Å². The third kappa shape index (κ3) is 3.51. The highest BCUT2D eigenvalue weighted by molar-refractivity contribution is 5.99. The zero-order chi connectivity index (χ0) is 13.7. The molecular formula is C10H14FN5O2. The Labute approximate surface area is 102 Å². The number of carbonyl (C=O) groups excluding carboxylic acids is 2. The number of hydrogen-bond acceptors (Lipinski definition) is 4. The van der Waals surface area contributed by atoms with E-state index in [4.69, 9.17) is 17.2 Å². The molecule has 7 nitrogen and oxygen atoms in total. The van der Waals surface area contributed by atoms with Crippen molar-refractivity contribution in [2.45, 2.75) is 0 Å². The zero-order valence-electron chi connectivity index (χ0n) is 9.50. The van der Waals surface area contributed by atoms with E-state index >= 15 is 0 Å². The van der Waals surface area contributed by atoms with Crippen molar-refractivity contribution in [1.82, 2.24) is 5.32 Å². The highest BCUT2D eigenvalue weighted by Crippen LogP contribution is 2.21. The summed E-state index contributed by atoms with van der Waals surface area (Å²) in [6, 6.07) is 1.55. The average molecular weight is 255 g/mol. The number of primary amides is 2. The molecule has 18 heavy (non-hydrogen) atoms. The number of hydrogen-bond donors (Lipinski definition) is 5. The van der Waals surface area contributed by atoms with Crippen molar-refractivity contribution in [2.75, 3.05) is 24.1 Å². The quantitative estimate of drug-likeness (QED) is 0.360. The Bertz CT molecular complexity index is 478. The molecule has 0 atom stereocenters. The molecule has 0 bridgehead atoms. The molecule has 0 aliphatic heterocycles. The molecule has 98 valence electrons. The van der Waals surface area contributed by atoms with Crippen LogP contribution >= 0.6 is 0 Å². The fraction of sp³-hybridized carbons (Fsp3) is 0.200. The molecule has 0 spiro atoms. The van der Waals surface area contributed by atoms with E-state index in [0.717, 1.165) is 6.07 Å². The van der Waals surface area contributed by atoms with Crippen LogP contribution in [0, 0.1) is 5.82 Å². The molecule has 0 saturated heterocycles. The van der Waals surface area contributed by atoms with Crippen LogP contribution in [0.2, 0.25) is 0 Å². The Balaban J connectivity index is 2.73. The average Bonchev–Trinajstić information content (AvgIpc) is 2.25. The van der Waals surface area contributed by atoms with E-state index in [1.807, 2.05) is 0 Å². The third-order valence-electron chi connectivity index (χ3n) is 2.14. The van der Waals surface area contributed by atoms with Crippen molar-refractivity contribution < 1.29 is 14.0 Å². The van der Waals surface area contributed by atoms with Gasteiger partial charge in [0, 0.05) is 18.8 Å². The third-order valence-corrected chi connectivity index (χ3v) is 2.14. The van der Waals surface area contributed by atoms with Crippen molar-refractivity contribution in [3.63, 3.8) is 0 Å². The maximum Gasteiger partial charge on any atom is 0.312 e. The lowest BCUT2D eigenvalue weighted by Crippen LogP contribution is -2.33. The first kappa shape index (κ1) is 13.6. The molecule has 0 saturated carbocycles. The summed E-state index contributed by atoms with van der Waals surface area (Å²) in [5.41, 5.74) is 15.5. The van der Waals surface area contributed by atoms with E-state index in [1.54, 1.807) is 0 Å². The summed E-state index contributed by atoms with van der Waals surface area (Å²) >= 11 is 0. The van der Waals surface area contributed by atoms with Gasteiger partial charge in [-0.05, 0) is 12.1 Å². The summed E-state index contributed by atoms with van der Waals surface area (Å²) in [4.78, 5) is 21.4. The first-order valence-corrected chi connectivity index (χ1v) is 5.08. The van der Waals surface area contributed by atoms with E-state index in [9.17, 15) is 14.0 Å². The van der Waals surface area contributed by atoms with Crippen LogP contribution in [-0.4, -0.2) is 25.0 Å². The van der Waals surface area contributed by atoms with Gasteiger partial charge in [-0.1, -0.05) is 0 Å². The van der Waals surface area contributed by atoms with Crippen LogP contribution in [0.15, 0.2) is 12.1 Å². The summed E-state index contributed by atoms with van der Waals surface area (Å²) < 4.78 is 13.5. The van der Waals surface area contributed by atoms with Crippen LogP contribution in [0.5, 0.6) is 0 Å². The Morgan fingerprint density at radius 1 is 1.22 bits per heavy atom. The summed E-state index contributed by atoms with van der Waals surface area (Å²) in [6.45, 7) is 0.451. The standard InChI is InChI=1S/C10H14FN5O2/c11-6-4-7(12)5(9(13)17)3-8(6)15-1-2-16-10(14)18/h3-4,15H,1-2,12H2,(H2,13,17)(H3,14,16,18). The first-order valence-electron chi connectivity index (χ1n) is 5.08. The van der Waals surface area contributed by atoms with Gasteiger partial charge in [0.25, 0.3) is 5.91 Å². The molecule has 1 aromatic rings. The molecule has 0 radical (unpaired) electrons. The number of nitrogen functional groups attached to an aromatic ring is 1. The number of carbonyl (C=O) groups is 2. The number of anilines is 2. The van der Waals surface area contributed by atoms with Crippen molar-refractivity contribution in [3.05, 3.63) is 23.5 Å². The second-order valence-electron chi connectivity index (χ2n) is 3.50. The molecule has 8 heteroatoms. The predicted octanol–water partition coefficient (Wildman–Crippen LogP) is -0.413. The monoisotopic (exact) mass is 255 g/mol. The van der Waals surface area contributed by atoms with Crippen LogP contribution < -0.4 is 27.8 Å². The lowest BCUT2D eigenvalue weighted by molar-refractivity contribution is 0.100. The molecule has 0 aliphatic carbocycles.